The van der Waals surface area contributed by atoms with Gasteiger partial charge in [0.15, 0.2) is 4.67 Å². The molecular weight excluding hydrogens is 381 g/mol. The molecule has 0 radical (unpaired) electrons. The predicted molar refractivity (Wildman–Crippen MR) is 79.0 cm³/mol. The van der Waals surface area contributed by atoms with Crippen molar-refractivity contribution in [3.8, 4) is 6.07 Å². The first-order chi connectivity index (χ1) is 8.60. The molecule has 0 unspecified atom stereocenters. The lowest BCUT2D eigenvalue weighted by molar-refractivity contribution is 0.530. The van der Waals surface area contributed by atoms with E-state index in [0.29, 0.717) is 21.0 Å². The molecule has 1 aromatic carbocycles. The Bertz CT molecular complexity index is 619. The minimum absolute atomic E-state index is 0.514. The molecule has 18 heavy (non-hydrogen) atoms. The van der Waals surface area contributed by atoms with Crippen molar-refractivity contribution in [3.05, 3.63) is 55.8 Å². The summed E-state index contributed by atoms with van der Waals surface area (Å²) in [7, 11) is 0. The van der Waals surface area contributed by atoms with Crippen molar-refractivity contribution in [2.24, 2.45) is 0 Å². The lowest BCUT2D eigenvalue weighted by Gasteiger charge is -1.98. The van der Waals surface area contributed by atoms with Gasteiger partial charge in [0, 0.05) is 5.02 Å². The van der Waals surface area contributed by atoms with Gasteiger partial charge < -0.3 is 4.42 Å². The Hall–Kier alpha value is -1.02. The van der Waals surface area contributed by atoms with Gasteiger partial charge in [0.2, 0.25) is 0 Å². The van der Waals surface area contributed by atoms with Gasteiger partial charge in [-0.05, 0) is 61.7 Å². The maximum absolute atomic E-state index is 9.17. The lowest BCUT2D eigenvalue weighted by Crippen LogP contribution is -1.80. The molecule has 0 saturated heterocycles. The van der Waals surface area contributed by atoms with E-state index in [0.717, 1.165) is 10.0 Å². The van der Waals surface area contributed by atoms with Crippen LogP contribution in [-0.4, -0.2) is 0 Å². The molecule has 2 nitrogen and oxygen atoms in total. The van der Waals surface area contributed by atoms with Crippen LogP contribution in [0, 0.1) is 11.3 Å². The molecule has 0 spiro atoms. The molecule has 0 saturated carbocycles. The van der Waals surface area contributed by atoms with Crippen molar-refractivity contribution in [2.75, 3.05) is 0 Å². The van der Waals surface area contributed by atoms with Crippen LogP contribution in [0.15, 0.2) is 43.9 Å². The third-order valence-corrected chi connectivity index (χ3v) is 4.19. The summed E-state index contributed by atoms with van der Waals surface area (Å²) in [5.74, 6) is 0.597. The molecule has 0 aliphatic carbocycles. The number of hydrogen-bond donors (Lipinski definition) is 0. The second-order valence-corrected chi connectivity index (χ2v) is 5.46. The highest BCUT2D eigenvalue weighted by molar-refractivity contribution is 9.13. The fourth-order valence-electron chi connectivity index (χ4n) is 1.39. The molecule has 0 fully saturated rings. The largest absolute Gasteiger partial charge is 0.449 e. The molecule has 2 rings (SSSR count). The number of nitrogens with zero attached hydrogens (tertiary/aromatic N) is 1. The Morgan fingerprint density at radius 3 is 2.44 bits per heavy atom. The molecular formula is C13H6Br2ClNO. The summed E-state index contributed by atoms with van der Waals surface area (Å²) >= 11 is 12.4. The van der Waals surface area contributed by atoms with E-state index in [9.17, 15) is 0 Å². The summed E-state index contributed by atoms with van der Waals surface area (Å²) in [6, 6.07) is 11.0. The van der Waals surface area contributed by atoms with E-state index in [-0.39, 0.29) is 0 Å². The average molecular weight is 387 g/mol. The molecule has 5 heteroatoms. The van der Waals surface area contributed by atoms with Gasteiger partial charge in [0.1, 0.15) is 5.76 Å². The van der Waals surface area contributed by atoms with Crippen LogP contribution in [0.1, 0.15) is 11.3 Å². The Labute approximate surface area is 126 Å². The molecule has 90 valence electrons. The van der Waals surface area contributed by atoms with Crippen LogP contribution in [0.5, 0.6) is 0 Å². The van der Waals surface area contributed by atoms with Crippen LogP contribution < -0.4 is 0 Å². The summed E-state index contributed by atoms with van der Waals surface area (Å²) in [6.07, 6.45) is 1.68. The van der Waals surface area contributed by atoms with Crippen LogP contribution in [0.4, 0.5) is 0 Å². The minimum Gasteiger partial charge on any atom is -0.449 e. The van der Waals surface area contributed by atoms with Gasteiger partial charge in [0.05, 0.1) is 16.1 Å². The molecule has 2 aromatic rings. The van der Waals surface area contributed by atoms with Gasteiger partial charge in [-0.25, -0.2) is 0 Å². The van der Waals surface area contributed by atoms with Crippen molar-refractivity contribution in [1.29, 1.82) is 5.26 Å². The molecule has 0 aliphatic heterocycles. The van der Waals surface area contributed by atoms with Crippen LogP contribution in [0.25, 0.3) is 11.6 Å². The van der Waals surface area contributed by atoms with Gasteiger partial charge in [-0.3, -0.25) is 0 Å². The number of halogens is 3. The quantitative estimate of drug-likeness (QED) is 0.636. The van der Waals surface area contributed by atoms with E-state index in [1.54, 1.807) is 36.4 Å². The van der Waals surface area contributed by atoms with E-state index < -0.39 is 0 Å². The van der Waals surface area contributed by atoms with Crippen molar-refractivity contribution >= 4 is 55.1 Å². The Morgan fingerprint density at radius 2 is 1.94 bits per heavy atom. The zero-order chi connectivity index (χ0) is 13.1. The molecule has 0 N–H and O–H groups in total. The van der Waals surface area contributed by atoms with E-state index in [2.05, 4.69) is 37.9 Å². The first kappa shape index (κ1) is 13.4. The maximum Gasteiger partial charge on any atom is 0.184 e. The molecule has 0 bridgehead atoms. The molecule has 1 aromatic heterocycles. The summed E-state index contributed by atoms with van der Waals surface area (Å²) in [4.78, 5) is 0. The lowest BCUT2D eigenvalue weighted by atomic mass is 10.1. The van der Waals surface area contributed by atoms with Crippen molar-refractivity contribution in [3.63, 3.8) is 0 Å². The predicted octanol–water partition coefficient (Wildman–Crippen LogP) is 5.52. The van der Waals surface area contributed by atoms with Crippen LogP contribution in [0.2, 0.25) is 5.02 Å². The topological polar surface area (TPSA) is 36.9 Å². The van der Waals surface area contributed by atoms with E-state index in [1.165, 1.54) is 0 Å². The van der Waals surface area contributed by atoms with Crippen molar-refractivity contribution < 1.29 is 4.42 Å². The number of rotatable bonds is 2. The fraction of sp³-hybridized carbons (Fsp3) is 0. The third-order valence-electron chi connectivity index (χ3n) is 2.23. The highest BCUT2D eigenvalue weighted by Crippen LogP contribution is 2.29. The smallest absolute Gasteiger partial charge is 0.184 e. The average Bonchev–Trinajstić information content (AvgIpc) is 2.67. The zero-order valence-corrected chi connectivity index (χ0v) is 12.9. The van der Waals surface area contributed by atoms with Gasteiger partial charge in [0.25, 0.3) is 0 Å². The molecule has 0 atom stereocenters. The summed E-state index contributed by atoms with van der Waals surface area (Å²) < 4.78 is 6.81. The second-order valence-electron chi connectivity index (χ2n) is 3.45. The monoisotopic (exact) mass is 385 g/mol. The standard InChI is InChI=1S/C13H6Br2ClNO/c14-12-6-11(18-13(12)15)5-9(7-17)8-1-3-10(16)4-2-8/h1-6H/b9-5+. The van der Waals surface area contributed by atoms with Crippen LogP contribution >= 0.6 is 43.5 Å². The SMILES string of the molecule is N#C/C(=C\c1cc(Br)c(Br)o1)c1ccc(Cl)cc1. The fourth-order valence-corrected chi connectivity index (χ4v) is 2.12. The van der Waals surface area contributed by atoms with Gasteiger partial charge in [-0.15, -0.1) is 0 Å². The van der Waals surface area contributed by atoms with Gasteiger partial charge >= 0.3 is 0 Å². The first-order valence-corrected chi connectivity index (χ1v) is 6.89. The number of nitriles is 1. The Balaban J connectivity index is 2.40. The molecule has 0 aliphatic rings. The van der Waals surface area contributed by atoms with E-state index in [1.807, 2.05) is 0 Å². The minimum atomic E-state index is 0.514. The van der Waals surface area contributed by atoms with Crippen LogP contribution in [-0.2, 0) is 0 Å². The van der Waals surface area contributed by atoms with E-state index in [4.69, 9.17) is 21.3 Å². The summed E-state index contributed by atoms with van der Waals surface area (Å²) in [6.45, 7) is 0. The van der Waals surface area contributed by atoms with E-state index >= 15 is 0 Å². The zero-order valence-electron chi connectivity index (χ0n) is 8.95. The highest BCUT2D eigenvalue weighted by atomic mass is 79.9. The molecule has 0 amide bonds. The van der Waals surface area contributed by atoms with Gasteiger partial charge in [-0.1, -0.05) is 23.7 Å². The summed E-state index contributed by atoms with van der Waals surface area (Å²) in [5.41, 5.74) is 1.31. The number of benzene rings is 1. The number of allylic oxidation sites excluding steroid dienone is 1. The first-order valence-electron chi connectivity index (χ1n) is 4.92. The Morgan fingerprint density at radius 1 is 1.28 bits per heavy atom. The van der Waals surface area contributed by atoms with Crippen LogP contribution in [0.3, 0.4) is 0 Å². The maximum atomic E-state index is 9.17. The Kier molecular flexibility index (Phi) is 4.28. The number of furan rings is 1. The highest BCUT2D eigenvalue weighted by Gasteiger charge is 2.06. The molecule has 1 heterocycles. The van der Waals surface area contributed by atoms with Crippen molar-refractivity contribution in [2.45, 2.75) is 0 Å². The summed E-state index contributed by atoms with van der Waals surface area (Å²) in [5, 5.41) is 9.81. The second kappa shape index (κ2) is 5.75. The van der Waals surface area contributed by atoms with Crippen molar-refractivity contribution in [1.82, 2.24) is 0 Å². The number of hydrogen-bond acceptors (Lipinski definition) is 2. The van der Waals surface area contributed by atoms with Gasteiger partial charge in [-0.2, -0.15) is 5.26 Å². The third kappa shape index (κ3) is 3.05. The normalized spacial score (nSPS) is 11.3.